The number of piperidine rings is 1. The zero-order chi connectivity index (χ0) is 36.2. The second kappa shape index (κ2) is 15.4. The van der Waals surface area contributed by atoms with Crippen LogP contribution < -0.4 is 9.47 Å². The van der Waals surface area contributed by atoms with Crippen LogP contribution in [-0.2, 0) is 16.1 Å². The predicted molar refractivity (Wildman–Crippen MR) is 192 cm³/mol. The lowest BCUT2D eigenvalue weighted by Crippen LogP contribution is -2.49. The summed E-state index contributed by atoms with van der Waals surface area (Å²) in [6.07, 6.45) is 3.10. The van der Waals surface area contributed by atoms with Crippen LogP contribution in [-0.4, -0.2) is 82.0 Å². The third-order valence-electron chi connectivity index (χ3n) is 8.36. The van der Waals surface area contributed by atoms with E-state index in [9.17, 15) is 14.4 Å². The number of pyridine rings is 3. The van der Waals surface area contributed by atoms with Gasteiger partial charge in [-0.15, -0.1) is 0 Å². The monoisotopic (exact) mass is 719 g/mol. The number of benzene rings is 1. The van der Waals surface area contributed by atoms with Crippen LogP contribution in [0.4, 0.5) is 4.79 Å². The van der Waals surface area contributed by atoms with E-state index in [1.807, 2.05) is 51.1 Å². The van der Waals surface area contributed by atoms with Crippen molar-refractivity contribution in [3.63, 3.8) is 0 Å². The van der Waals surface area contributed by atoms with Gasteiger partial charge in [0, 0.05) is 54.5 Å². The highest BCUT2D eigenvalue weighted by Gasteiger charge is 2.33. The third kappa shape index (κ3) is 8.00. The molecule has 0 aliphatic carbocycles. The van der Waals surface area contributed by atoms with Crippen molar-refractivity contribution in [2.24, 2.45) is 0 Å². The molecule has 262 valence electrons. The molecular formula is C37H39Cl2N5O6. The minimum Gasteiger partial charge on any atom is -0.481 e. The molecule has 1 fully saturated rings. The molecule has 0 unspecified atom stereocenters. The first-order valence-electron chi connectivity index (χ1n) is 16.1. The molecular weight excluding hydrogens is 681 g/mol. The van der Waals surface area contributed by atoms with Gasteiger partial charge in [0.1, 0.15) is 5.60 Å². The highest BCUT2D eigenvalue weighted by molar-refractivity contribution is 6.39. The summed E-state index contributed by atoms with van der Waals surface area (Å²) < 4.78 is 16.8. The maximum absolute atomic E-state index is 13.5. The number of aldehydes is 1. The second-order valence-corrected chi connectivity index (χ2v) is 13.6. The molecule has 3 aromatic heterocycles. The smallest absolute Gasteiger partial charge is 0.410 e. The molecule has 0 saturated carbocycles. The standard InChI is InChI=1S/C37H39Cl2N5O6/c1-22(46)43-18-15-25(16-19-43)44(36(47)50-37(2,3)4)20-23-10-12-30(41-34(23)48-5)27-14-17-40-33(32(27)39)28-9-7-8-26(31(28)38)29-13-11-24(21-45)35(42-29)49-6/h7-14,17,21,25H,15-16,18-20H2,1-6H3. The number of aromatic nitrogens is 3. The zero-order valence-electron chi connectivity index (χ0n) is 28.8. The van der Waals surface area contributed by atoms with E-state index in [0.717, 1.165) is 0 Å². The van der Waals surface area contributed by atoms with Crippen LogP contribution in [0.5, 0.6) is 11.8 Å². The SMILES string of the molecule is COc1nc(-c2cccc(-c3nccc(-c4ccc(CN(C(=O)OC(C)(C)C)C5CCN(C(C)=O)CC5)c(OC)n4)c3Cl)c2Cl)ccc1C=O. The molecule has 4 aromatic rings. The first-order valence-corrected chi connectivity index (χ1v) is 16.8. The molecule has 2 amide bonds. The van der Waals surface area contributed by atoms with E-state index in [4.69, 9.17) is 42.4 Å². The Morgan fingerprint density at radius 2 is 1.52 bits per heavy atom. The molecule has 0 spiro atoms. The van der Waals surface area contributed by atoms with Gasteiger partial charge in [-0.25, -0.2) is 14.8 Å². The molecule has 4 heterocycles. The minimum atomic E-state index is -0.690. The molecule has 13 heteroatoms. The average molecular weight is 721 g/mol. The lowest BCUT2D eigenvalue weighted by molar-refractivity contribution is -0.130. The van der Waals surface area contributed by atoms with E-state index < -0.39 is 11.7 Å². The fraction of sp³-hybridized carbons (Fsp3) is 0.351. The van der Waals surface area contributed by atoms with E-state index in [0.29, 0.717) is 93.0 Å². The van der Waals surface area contributed by atoms with Crippen LogP contribution in [0, 0.1) is 0 Å². The Hall–Kier alpha value is -4.74. The highest BCUT2D eigenvalue weighted by Crippen LogP contribution is 2.41. The van der Waals surface area contributed by atoms with E-state index in [2.05, 4.69) is 9.97 Å². The number of likely N-dealkylation sites (tertiary alicyclic amines) is 1. The summed E-state index contributed by atoms with van der Waals surface area (Å²) in [4.78, 5) is 54.1. The Bertz CT molecular complexity index is 1910. The number of rotatable bonds is 9. The molecule has 5 rings (SSSR count). The normalized spacial score (nSPS) is 13.5. The molecule has 0 radical (unpaired) electrons. The number of amides is 2. The summed E-state index contributed by atoms with van der Waals surface area (Å²) in [7, 11) is 2.97. The van der Waals surface area contributed by atoms with Crippen LogP contribution in [0.2, 0.25) is 10.0 Å². The van der Waals surface area contributed by atoms with Crippen molar-refractivity contribution in [1.82, 2.24) is 24.8 Å². The summed E-state index contributed by atoms with van der Waals surface area (Å²) in [5, 5.41) is 0.688. The number of methoxy groups -OCH3 is 2. The fourth-order valence-electron chi connectivity index (χ4n) is 5.85. The Morgan fingerprint density at radius 3 is 2.14 bits per heavy atom. The van der Waals surface area contributed by atoms with E-state index in [1.165, 1.54) is 14.2 Å². The largest absolute Gasteiger partial charge is 0.481 e. The van der Waals surface area contributed by atoms with Gasteiger partial charge < -0.3 is 24.0 Å². The van der Waals surface area contributed by atoms with Crippen molar-refractivity contribution in [1.29, 1.82) is 0 Å². The number of carbonyl (C=O) groups excluding carboxylic acids is 3. The Kier molecular flexibility index (Phi) is 11.3. The first-order chi connectivity index (χ1) is 23.8. The quantitative estimate of drug-likeness (QED) is 0.160. The lowest BCUT2D eigenvalue weighted by atomic mass is 10.0. The second-order valence-electron chi connectivity index (χ2n) is 12.8. The molecule has 0 N–H and O–H groups in total. The number of nitrogens with zero attached hydrogens (tertiary/aromatic N) is 5. The van der Waals surface area contributed by atoms with Crippen LogP contribution in [0.25, 0.3) is 33.8 Å². The van der Waals surface area contributed by atoms with Crippen molar-refractivity contribution in [2.45, 2.75) is 58.7 Å². The maximum Gasteiger partial charge on any atom is 0.410 e. The Morgan fingerprint density at radius 1 is 0.900 bits per heavy atom. The topological polar surface area (TPSA) is 124 Å². The molecule has 0 atom stereocenters. The van der Waals surface area contributed by atoms with Crippen LogP contribution in [0.15, 0.2) is 54.7 Å². The molecule has 11 nitrogen and oxygen atoms in total. The van der Waals surface area contributed by atoms with Gasteiger partial charge >= 0.3 is 6.09 Å². The Labute approximate surface area is 301 Å². The number of ether oxygens (including phenoxy) is 3. The van der Waals surface area contributed by atoms with Crippen molar-refractivity contribution >= 4 is 41.5 Å². The molecule has 1 aliphatic heterocycles. The van der Waals surface area contributed by atoms with Gasteiger partial charge in [-0.05, 0) is 63.9 Å². The van der Waals surface area contributed by atoms with Gasteiger partial charge in [0.25, 0.3) is 0 Å². The number of halogens is 2. The number of hydrogen-bond acceptors (Lipinski definition) is 9. The third-order valence-corrected chi connectivity index (χ3v) is 9.15. The minimum absolute atomic E-state index is 0.0182. The summed E-state index contributed by atoms with van der Waals surface area (Å²) in [6.45, 7) is 8.35. The Balaban J connectivity index is 1.47. The van der Waals surface area contributed by atoms with E-state index >= 15 is 0 Å². The van der Waals surface area contributed by atoms with Gasteiger partial charge in [-0.3, -0.25) is 14.6 Å². The molecule has 1 aliphatic rings. The van der Waals surface area contributed by atoms with Crippen LogP contribution >= 0.6 is 23.2 Å². The first kappa shape index (κ1) is 36.5. The van der Waals surface area contributed by atoms with E-state index in [-0.39, 0.29) is 24.4 Å². The number of carbonyl (C=O) groups is 3. The van der Waals surface area contributed by atoms with Crippen molar-refractivity contribution in [3.05, 3.63) is 75.9 Å². The average Bonchev–Trinajstić information content (AvgIpc) is 3.10. The van der Waals surface area contributed by atoms with Crippen molar-refractivity contribution in [2.75, 3.05) is 27.3 Å². The lowest BCUT2D eigenvalue weighted by Gasteiger charge is -2.39. The predicted octanol–water partition coefficient (Wildman–Crippen LogP) is 7.76. The van der Waals surface area contributed by atoms with Crippen LogP contribution in [0.1, 0.15) is 56.5 Å². The van der Waals surface area contributed by atoms with Crippen molar-refractivity contribution in [3.8, 4) is 45.5 Å². The van der Waals surface area contributed by atoms with Gasteiger partial charge in [0.05, 0.1) is 53.5 Å². The summed E-state index contributed by atoms with van der Waals surface area (Å²) >= 11 is 14.0. The van der Waals surface area contributed by atoms with Gasteiger partial charge in [0.15, 0.2) is 6.29 Å². The fourth-order valence-corrected chi connectivity index (χ4v) is 6.47. The zero-order valence-corrected chi connectivity index (χ0v) is 30.3. The van der Waals surface area contributed by atoms with Crippen LogP contribution in [0.3, 0.4) is 0 Å². The number of hydrogen-bond donors (Lipinski definition) is 0. The van der Waals surface area contributed by atoms with Gasteiger partial charge in [-0.1, -0.05) is 41.4 Å². The summed E-state index contributed by atoms with van der Waals surface area (Å²) in [5.74, 6) is 0.531. The van der Waals surface area contributed by atoms with E-state index in [1.54, 1.807) is 41.1 Å². The highest BCUT2D eigenvalue weighted by atomic mass is 35.5. The maximum atomic E-state index is 13.5. The molecule has 1 saturated heterocycles. The van der Waals surface area contributed by atoms with Crippen molar-refractivity contribution < 1.29 is 28.6 Å². The summed E-state index contributed by atoms with van der Waals surface area (Å²) in [6, 6.07) is 14.0. The molecule has 1 aromatic carbocycles. The molecule has 0 bridgehead atoms. The summed E-state index contributed by atoms with van der Waals surface area (Å²) in [5.41, 5.74) is 3.56. The van der Waals surface area contributed by atoms with Gasteiger partial charge in [-0.2, -0.15) is 0 Å². The van der Waals surface area contributed by atoms with Gasteiger partial charge in [0.2, 0.25) is 17.7 Å². The molecule has 50 heavy (non-hydrogen) atoms.